The third kappa shape index (κ3) is 1650. The van der Waals surface area contributed by atoms with Crippen molar-refractivity contribution in [1.82, 2.24) is 0 Å². The molecule has 13 heavy (non-hydrogen) atoms. The fourth-order valence-electron chi connectivity index (χ4n) is 0. The van der Waals surface area contributed by atoms with Gasteiger partial charge < -0.3 is 30.6 Å². The van der Waals surface area contributed by atoms with Crippen LogP contribution in [0.3, 0.4) is 0 Å². The van der Waals surface area contributed by atoms with E-state index in [0.717, 1.165) is 0 Å². The maximum absolute atomic E-state index is 9.56. The van der Waals surface area contributed by atoms with Crippen LogP contribution >= 0.6 is 0 Å². The van der Waals surface area contributed by atoms with Gasteiger partial charge in [0.1, 0.15) is 0 Å². The van der Waals surface area contributed by atoms with E-state index in [9.17, 15) is 4.21 Å². The Bertz CT molecular complexity index is 122. The zero-order valence-corrected chi connectivity index (χ0v) is 9.57. The van der Waals surface area contributed by atoms with Gasteiger partial charge in [-0.2, -0.15) is 0 Å². The van der Waals surface area contributed by atoms with E-state index in [4.69, 9.17) is 30.6 Å². The molecule has 0 aliphatic heterocycles. The molecule has 0 saturated carbocycles. The summed E-state index contributed by atoms with van der Waals surface area (Å²) in [5.74, 6) is 0. The molecule has 0 spiro atoms. The van der Waals surface area contributed by atoms with Crippen molar-refractivity contribution in [1.29, 1.82) is 0 Å². The minimum absolute atomic E-state index is 0. The molecular weight excluding hydrogens is 391 g/mol. The van der Waals surface area contributed by atoms with Gasteiger partial charge in [0.15, 0.2) is 0 Å². The molecule has 82 valence electrons. The second kappa shape index (κ2) is 17.4. The van der Waals surface area contributed by atoms with Gasteiger partial charge in [0.2, 0.25) is 0 Å². The second-order valence-corrected chi connectivity index (χ2v) is 2.67. The molecule has 0 aromatic carbocycles. The van der Waals surface area contributed by atoms with Crippen molar-refractivity contribution in [3.05, 3.63) is 30.6 Å². The van der Waals surface area contributed by atoms with Gasteiger partial charge in [-0.05, 0) is 0 Å². The standard InChI is InChI=1S/C2H6OS.2NO3.Pt/c1-4(2)3;2*2-1(3)4;/h1-2H3;;;/q;2*-1;+2. The summed E-state index contributed by atoms with van der Waals surface area (Å²) in [6.45, 7) is 0. The summed E-state index contributed by atoms with van der Waals surface area (Å²) in [6, 6.07) is 0. The van der Waals surface area contributed by atoms with Crippen LogP contribution in [0, 0.1) is 30.6 Å². The molecule has 0 heterocycles. The van der Waals surface area contributed by atoms with E-state index in [1.165, 1.54) is 0 Å². The van der Waals surface area contributed by atoms with Gasteiger partial charge >= 0.3 is 21.1 Å². The number of rotatable bonds is 0. The molecule has 9 nitrogen and oxygen atoms in total. The Hall–Kier alpha value is -0.762. The Labute approximate surface area is 89.7 Å². The third-order valence-electron chi connectivity index (χ3n) is 0. The smallest absolute Gasteiger partial charge is 0.356 e. The molecule has 11 heteroatoms. The fourth-order valence-corrected chi connectivity index (χ4v) is 0. The quantitative estimate of drug-likeness (QED) is 0.395. The molecule has 0 bridgehead atoms. The number of hydrogen-bond acceptors (Lipinski definition) is 7. The van der Waals surface area contributed by atoms with E-state index in [1.54, 1.807) is 12.5 Å². The summed E-state index contributed by atoms with van der Waals surface area (Å²) in [6.07, 6.45) is 3.28. The van der Waals surface area contributed by atoms with Crippen LogP contribution in [0.2, 0.25) is 0 Å². The van der Waals surface area contributed by atoms with Crippen LogP contribution in [0.15, 0.2) is 0 Å². The summed E-state index contributed by atoms with van der Waals surface area (Å²) >= 11 is 0. The van der Waals surface area contributed by atoms with Crippen molar-refractivity contribution < 1.29 is 35.4 Å². The molecule has 0 atom stereocenters. The summed E-state index contributed by atoms with van der Waals surface area (Å²) < 4.78 is 9.56. The largest absolute Gasteiger partial charge is 2.00 e. The van der Waals surface area contributed by atoms with Gasteiger partial charge in [-0.1, -0.05) is 0 Å². The van der Waals surface area contributed by atoms with Crippen LogP contribution in [0.4, 0.5) is 0 Å². The minimum atomic E-state index is -1.75. The molecule has 0 fully saturated rings. The Morgan fingerprint density at radius 1 is 0.923 bits per heavy atom. The topological polar surface area (TPSA) is 149 Å². The average Bonchev–Trinajstić information content (AvgIpc) is 1.54. The fraction of sp³-hybridized carbons (Fsp3) is 1.00. The summed E-state index contributed by atoms with van der Waals surface area (Å²) in [5.41, 5.74) is 0. The molecule has 0 saturated heterocycles. The van der Waals surface area contributed by atoms with Crippen molar-refractivity contribution in [3.63, 3.8) is 0 Å². The zero-order chi connectivity index (χ0) is 10.7. The Balaban J connectivity index is -0.0000000450. The van der Waals surface area contributed by atoms with Gasteiger partial charge in [-0.3, -0.25) is 4.21 Å². The van der Waals surface area contributed by atoms with Crippen LogP contribution in [0.5, 0.6) is 0 Å². The third-order valence-corrected chi connectivity index (χ3v) is 0. The first-order valence-corrected chi connectivity index (χ1v) is 4.04. The first-order chi connectivity index (χ1) is 5.20. The van der Waals surface area contributed by atoms with Crippen molar-refractivity contribution in [2.45, 2.75) is 0 Å². The summed E-state index contributed by atoms with van der Waals surface area (Å²) in [4.78, 5) is 16.5. The summed E-state index contributed by atoms with van der Waals surface area (Å²) in [7, 11) is -0.611. The van der Waals surface area contributed by atoms with Gasteiger partial charge in [-0.15, -0.1) is 0 Å². The Kier molecular flexibility index (Phi) is 30.4. The van der Waals surface area contributed by atoms with Crippen LogP contribution in [0.25, 0.3) is 0 Å². The summed E-state index contributed by atoms with van der Waals surface area (Å²) in [5, 5.41) is 29.5. The average molecular weight is 397 g/mol. The molecular formula is C2H6N2O7PtS. The molecule has 0 unspecified atom stereocenters. The zero-order valence-electron chi connectivity index (χ0n) is 6.48. The van der Waals surface area contributed by atoms with Crippen molar-refractivity contribution in [3.8, 4) is 0 Å². The van der Waals surface area contributed by atoms with Gasteiger partial charge in [-0.25, -0.2) is 0 Å². The van der Waals surface area contributed by atoms with Crippen LogP contribution in [-0.2, 0) is 31.9 Å². The first-order valence-electron chi connectivity index (χ1n) is 2.08. The van der Waals surface area contributed by atoms with E-state index < -0.39 is 21.0 Å². The number of nitrogens with zero attached hydrogens (tertiary/aromatic N) is 2. The Morgan fingerprint density at radius 2 is 0.923 bits per heavy atom. The Morgan fingerprint density at radius 3 is 0.923 bits per heavy atom. The minimum Gasteiger partial charge on any atom is -0.356 e. The normalized spacial score (nSPS) is 6.38. The SMILES string of the molecule is CS(C)=O.O=[N+]([O-])[O-].O=[N+]([O-])[O-].[Pt+2]. The molecule has 0 radical (unpaired) electrons. The monoisotopic (exact) mass is 397 g/mol. The number of hydrogen-bond donors (Lipinski definition) is 0. The molecule has 0 amide bonds. The van der Waals surface area contributed by atoms with E-state index in [2.05, 4.69) is 0 Å². The molecule has 0 aliphatic carbocycles. The van der Waals surface area contributed by atoms with Crippen LogP contribution in [-0.4, -0.2) is 26.9 Å². The molecule has 0 aliphatic rings. The van der Waals surface area contributed by atoms with Gasteiger partial charge in [0.25, 0.3) is 0 Å². The van der Waals surface area contributed by atoms with E-state index >= 15 is 0 Å². The molecule has 0 aromatic rings. The van der Waals surface area contributed by atoms with E-state index in [-0.39, 0.29) is 21.1 Å². The predicted octanol–water partition coefficient (Wildman–Crippen LogP) is -0.486. The molecule has 0 aromatic heterocycles. The van der Waals surface area contributed by atoms with E-state index in [0.29, 0.717) is 0 Å². The van der Waals surface area contributed by atoms with Crippen LogP contribution in [0.1, 0.15) is 0 Å². The molecule has 0 N–H and O–H groups in total. The maximum atomic E-state index is 9.56. The van der Waals surface area contributed by atoms with Gasteiger partial charge in [0.05, 0.1) is 10.2 Å². The molecule has 0 rings (SSSR count). The van der Waals surface area contributed by atoms with E-state index in [1.807, 2.05) is 0 Å². The maximum Gasteiger partial charge on any atom is 2.00 e. The van der Waals surface area contributed by atoms with Crippen molar-refractivity contribution >= 4 is 10.8 Å². The first kappa shape index (κ1) is 22.8. The predicted molar refractivity (Wildman–Crippen MR) is 40.7 cm³/mol. The second-order valence-electron chi connectivity index (χ2n) is 1.19. The van der Waals surface area contributed by atoms with Crippen molar-refractivity contribution in [2.24, 2.45) is 0 Å². The van der Waals surface area contributed by atoms with Crippen LogP contribution < -0.4 is 0 Å². The van der Waals surface area contributed by atoms with Gasteiger partial charge in [0, 0.05) is 23.3 Å². The van der Waals surface area contributed by atoms with Crippen molar-refractivity contribution in [2.75, 3.05) is 12.5 Å².